The number of carbonyl (C=O) groups excluding carboxylic acids is 1. The van der Waals surface area contributed by atoms with E-state index in [0.717, 1.165) is 46.3 Å². The fourth-order valence-corrected chi connectivity index (χ4v) is 3.44. The zero-order valence-electron chi connectivity index (χ0n) is 18.6. The first-order chi connectivity index (χ1) is 15.9. The molecule has 0 fully saturated rings. The van der Waals surface area contributed by atoms with Crippen LogP contribution in [0.15, 0.2) is 61.2 Å². The van der Waals surface area contributed by atoms with Crippen LogP contribution in [0.2, 0.25) is 0 Å². The molecule has 1 amide bonds. The van der Waals surface area contributed by atoms with Crippen LogP contribution in [0.4, 0.5) is 0 Å². The predicted octanol–water partition coefficient (Wildman–Crippen LogP) is 4.03. The molecule has 0 aliphatic carbocycles. The molecule has 0 saturated carbocycles. The molecule has 33 heavy (non-hydrogen) atoms. The second-order valence-corrected chi connectivity index (χ2v) is 8.34. The van der Waals surface area contributed by atoms with Crippen molar-refractivity contribution in [2.45, 2.75) is 33.2 Å². The van der Waals surface area contributed by atoms with Crippen LogP contribution in [0, 0.1) is 28.6 Å². The second kappa shape index (κ2) is 9.02. The smallest absolute Gasteiger partial charge is 0.235 e. The van der Waals surface area contributed by atoms with Crippen LogP contribution in [0.1, 0.15) is 32.3 Å². The number of rotatable bonds is 6. The largest absolute Gasteiger partial charge is 0.368 e. The normalized spacial score (nSPS) is 11.1. The van der Waals surface area contributed by atoms with Gasteiger partial charge in [0.05, 0.1) is 29.5 Å². The molecule has 0 bridgehead atoms. The number of nitrogens with two attached hydrogens (primary N) is 1. The molecular formula is C26H24N6O. The Morgan fingerprint density at radius 1 is 1.09 bits per heavy atom. The topological polar surface area (TPSA) is 102 Å². The Morgan fingerprint density at radius 3 is 2.58 bits per heavy atom. The molecule has 0 spiro atoms. The minimum atomic E-state index is -0.923. The van der Waals surface area contributed by atoms with E-state index in [1.54, 1.807) is 18.4 Å². The summed E-state index contributed by atoms with van der Waals surface area (Å²) >= 11 is 0. The first-order valence-electron chi connectivity index (χ1n) is 10.7. The van der Waals surface area contributed by atoms with E-state index < -0.39 is 11.3 Å². The third kappa shape index (κ3) is 4.63. The lowest BCUT2D eigenvalue weighted by molar-refractivity contribution is -0.123. The number of aryl methyl sites for hydroxylation is 1. The van der Waals surface area contributed by atoms with Gasteiger partial charge in [-0.2, -0.15) is 15.5 Å². The number of hydrogen-bond acceptors (Lipinski definition) is 4. The van der Waals surface area contributed by atoms with Crippen LogP contribution in [0.25, 0.3) is 27.8 Å². The van der Waals surface area contributed by atoms with Crippen LogP contribution in [-0.4, -0.2) is 25.3 Å². The van der Waals surface area contributed by atoms with Gasteiger partial charge in [-0.05, 0) is 43.5 Å². The summed E-state index contributed by atoms with van der Waals surface area (Å²) in [7, 11) is 0. The molecule has 0 aliphatic rings. The highest BCUT2D eigenvalue weighted by Gasteiger charge is 2.21. The minimum Gasteiger partial charge on any atom is -0.368 e. The third-order valence-electron chi connectivity index (χ3n) is 5.50. The Balaban J connectivity index is 1.65. The van der Waals surface area contributed by atoms with Gasteiger partial charge in [-0.15, -0.1) is 0 Å². The van der Waals surface area contributed by atoms with Crippen molar-refractivity contribution in [1.29, 1.82) is 5.26 Å². The highest BCUT2D eigenvalue weighted by molar-refractivity contribution is 5.87. The summed E-state index contributed by atoms with van der Waals surface area (Å²) < 4.78 is 3.65. The molecule has 4 aromatic rings. The van der Waals surface area contributed by atoms with Crippen LogP contribution in [0.3, 0.4) is 0 Å². The molecule has 3 aromatic heterocycles. The van der Waals surface area contributed by atoms with E-state index >= 15 is 0 Å². The van der Waals surface area contributed by atoms with E-state index in [2.05, 4.69) is 52.4 Å². The van der Waals surface area contributed by atoms with Crippen molar-refractivity contribution in [3.63, 3.8) is 0 Å². The molecule has 0 saturated heterocycles. The summed E-state index contributed by atoms with van der Waals surface area (Å²) in [6, 6.07) is 14.2. The Hall–Kier alpha value is -4.36. The van der Waals surface area contributed by atoms with Crippen molar-refractivity contribution in [1.82, 2.24) is 19.4 Å². The van der Waals surface area contributed by atoms with Crippen LogP contribution >= 0.6 is 0 Å². The monoisotopic (exact) mass is 436 g/mol. The number of hydrogen-bond donors (Lipinski definition) is 1. The number of fused-ring (bicyclic) bond motifs is 1. The Kier molecular flexibility index (Phi) is 5.97. The molecule has 1 aromatic carbocycles. The van der Waals surface area contributed by atoms with Gasteiger partial charge in [-0.25, -0.2) is 4.52 Å². The number of amides is 1. The van der Waals surface area contributed by atoms with E-state index in [0.29, 0.717) is 6.42 Å². The second-order valence-electron chi connectivity index (χ2n) is 8.34. The standard InChI is InChI=1S/C26H24N6O/c1-26(2,25(28)33)12-11-21-6-5-15-32-24(21)23(17-30-32)20-9-7-19(8-10-20)22-16-29-31(18-22)14-4-3-13-27/h5-10,15-18H,3-4,14H2,1-2H3,(H2,28,33). The maximum atomic E-state index is 11.6. The van der Waals surface area contributed by atoms with E-state index in [4.69, 9.17) is 11.0 Å². The molecule has 2 N–H and O–H groups in total. The van der Waals surface area contributed by atoms with Gasteiger partial charge < -0.3 is 5.73 Å². The van der Waals surface area contributed by atoms with Crippen molar-refractivity contribution in [3.05, 3.63) is 66.7 Å². The number of nitrogens with zero attached hydrogens (tertiary/aromatic N) is 5. The average Bonchev–Trinajstić information content (AvgIpc) is 3.46. The SMILES string of the molecule is CC(C)(C#Cc1cccn2ncc(-c3ccc(-c4cnn(CCCC#N)c4)cc3)c12)C(N)=O. The van der Waals surface area contributed by atoms with E-state index in [9.17, 15) is 4.79 Å². The minimum absolute atomic E-state index is 0.459. The Morgan fingerprint density at radius 2 is 1.85 bits per heavy atom. The lowest BCUT2D eigenvalue weighted by Gasteiger charge is -2.11. The molecule has 0 atom stereocenters. The number of primary amides is 1. The number of carbonyl (C=O) groups is 1. The molecule has 0 unspecified atom stereocenters. The van der Waals surface area contributed by atoms with Crippen molar-refractivity contribution >= 4 is 11.4 Å². The van der Waals surface area contributed by atoms with Crippen molar-refractivity contribution in [2.24, 2.45) is 11.1 Å². The molecule has 164 valence electrons. The lowest BCUT2D eigenvalue weighted by Crippen LogP contribution is -2.29. The van der Waals surface area contributed by atoms with E-state index in [-0.39, 0.29) is 0 Å². The first kappa shape index (κ1) is 21.9. The van der Waals surface area contributed by atoms with E-state index in [1.807, 2.05) is 41.6 Å². The van der Waals surface area contributed by atoms with Crippen LogP contribution in [0.5, 0.6) is 0 Å². The van der Waals surface area contributed by atoms with Gasteiger partial charge in [0.25, 0.3) is 0 Å². The highest BCUT2D eigenvalue weighted by atomic mass is 16.1. The fraction of sp³-hybridized carbons (Fsp3) is 0.231. The molecule has 3 heterocycles. The van der Waals surface area contributed by atoms with Crippen molar-refractivity contribution in [3.8, 4) is 40.2 Å². The summed E-state index contributed by atoms with van der Waals surface area (Å²) in [5, 5.41) is 17.6. The highest BCUT2D eigenvalue weighted by Crippen LogP contribution is 2.29. The predicted molar refractivity (Wildman–Crippen MR) is 127 cm³/mol. The number of unbranched alkanes of at least 4 members (excludes halogenated alkanes) is 1. The Bertz CT molecular complexity index is 1410. The maximum absolute atomic E-state index is 11.6. The number of aromatic nitrogens is 4. The number of nitriles is 1. The van der Waals surface area contributed by atoms with Crippen molar-refractivity contribution in [2.75, 3.05) is 0 Å². The summed E-state index contributed by atoms with van der Waals surface area (Å²) in [4.78, 5) is 11.6. The third-order valence-corrected chi connectivity index (χ3v) is 5.50. The molecule has 7 heteroatoms. The summed E-state index contributed by atoms with van der Waals surface area (Å²) in [5.41, 5.74) is 10.3. The van der Waals surface area contributed by atoms with Gasteiger partial charge in [0.15, 0.2) is 0 Å². The summed E-state index contributed by atoms with van der Waals surface area (Å²) in [6.45, 7) is 4.15. The van der Waals surface area contributed by atoms with Gasteiger partial charge in [0.1, 0.15) is 5.41 Å². The number of benzene rings is 1. The van der Waals surface area contributed by atoms with Crippen molar-refractivity contribution < 1.29 is 4.79 Å². The fourth-order valence-electron chi connectivity index (χ4n) is 3.44. The van der Waals surface area contributed by atoms with Gasteiger partial charge in [0.2, 0.25) is 5.91 Å². The summed E-state index contributed by atoms with van der Waals surface area (Å²) in [5.74, 6) is 5.66. The molecular weight excluding hydrogens is 412 g/mol. The number of pyridine rings is 1. The van der Waals surface area contributed by atoms with Gasteiger partial charge in [-0.1, -0.05) is 36.1 Å². The zero-order chi connectivity index (χ0) is 23.4. The van der Waals surface area contributed by atoms with Crippen LogP contribution < -0.4 is 5.73 Å². The quantitative estimate of drug-likeness (QED) is 0.364. The molecule has 7 nitrogen and oxygen atoms in total. The zero-order valence-corrected chi connectivity index (χ0v) is 18.6. The average molecular weight is 437 g/mol. The van der Waals surface area contributed by atoms with Gasteiger partial charge in [0, 0.05) is 36.5 Å². The van der Waals surface area contributed by atoms with Gasteiger partial charge in [-0.3, -0.25) is 9.48 Å². The van der Waals surface area contributed by atoms with Crippen LogP contribution in [-0.2, 0) is 11.3 Å². The molecule has 0 aliphatic heterocycles. The summed E-state index contributed by atoms with van der Waals surface area (Å²) in [6.07, 6.45) is 8.84. The van der Waals surface area contributed by atoms with Gasteiger partial charge >= 0.3 is 0 Å². The lowest BCUT2D eigenvalue weighted by atomic mass is 9.93. The van der Waals surface area contributed by atoms with E-state index in [1.165, 1.54) is 0 Å². The molecule has 0 radical (unpaired) electrons. The maximum Gasteiger partial charge on any atom is 0.235 e. The first-order valence-corrected chi connectivity index (χ1v) is 10.7. The molecule has 4 rings (SSSR count). The Labute approximate surface area is 192 Å².